The maximum atomic E-state index is 12.4. The molecule has 124 valence electrons. The first-order valence-electron chi connectivity index (χ1n) is 8.00. The summed E-state index contributed by atoms with van der Waals surface area (Å²) in [5.41, 5.74) is 1.61. The fraction of sp³-hybridized carbons (Fsp3) is 0.471. The van der Waals surface area contributed by atoms with Gasteiger partial charge in [0.1, 0.15) is 11.5 Å². The highest BCUT2D eigenvalue weighted by atomic mass is 32.2. The van der Waals surface area contributed by atoms with E-state index >= 15 is 0 Å². The molecular weight excluding hydrogens is 312 g/mol. The monoisotopic (exact) mass is 334 g/mol. The Morgan fingerprint density at radius 3 is 2.39 bits per heavy atom. The molecule has 1 saturated carbocycles. The molecule has 1 aliphatic rings. The molecule has 23 heavy (non-hydrogen) atoms. The molecule has 0 saturated heterocycles. The molecule has 0 radical (unpaired) electrons. The number of hydrogen-bond acceptors (Lipinski definition) is 4. The fourth-order valence-corrected chi connectivity index (χ4v) is 4.23. The molecule has 6 heteroatoms. The highest BCUT2D eigenvalue weighted by Crippen LogP contribution is 2.26. The number of nitrogens with one attached hydrogen (secondary N) is 1. The largest absolute Gasteiger partial charge is 0.446 e. The molecule has 1 aromatic heterocycles. The van der Waals surface area contributed by atoms with Crippen molar-refractivity contribution in [3.63, 3.8) is 0 Å². The topological polar surface area (TPSA) is 72.2 Å². The van der Waals surface area contributed by atoms with Crippen LogP contribution >= 0.6 is 0 Å². The Morgan fingerprint density at radius 2 is 1.83 bits per heavy atom. The van der Waals surface area contributed by atoms with Crippen molar-refractivity contribution in [2.24, 2.45) is 5.92 Å². The number of oxazole rings is 1. The number of aryl methyl sites for hydroxylation is 2. The van der Waals surface area contributed by atoms with Crippen LogP contribution in [0.15, 0.2) is 33.6 Å². The normalized spacial score (nSPS) is 16.1. The van der Waals surface area contributed by atoms with E-state index in [0.29, 0.717) is 18.4 Å². The summed E-state index contributed by atoms with van der Waals surface area (Å²) in [6.45, 7) is 4.18. The first-order valence-corrected chi connectivity index (χ1v) is 9.48. The molecule has 5 nitrogen and oxygen atoms in total. The lowest BCUT2D eigenvalue weighted by molar-refractivity contribution is 0.495. The third-order valence-electron chi connectivity index (χ3n) is 4.38. The molecule has 0 unspecified atom stereocenters. The van der Waals surface area contributed by atoms with Gasteiger partial charge in [-0.05, 0) is 37.8 Å². The van der Waals surface area contributed by atoms with Gasteiger partial charge in [0.2, 0.25) is 10.0 Å². The van der Waals surface area contributed by atoms with Gasteiger partial charge < -0.3 is 4.42 Å². The summed E-state index contributed by atoms with van der Waals surface area (Å²) in [5, 5.41) is 0. The second-order valence-electron chi connectivity index (χ2n) is 6.16. The predicted octanol–water partition coefficient (Wildman–Crippen LogP) is 3.43. The van der Waals surface area contributed by atoms with Crippen molar-refractivity contribution in [3.05, 3.63) is 35.9 Å². The van der Waals surface area contributed by atoms with Crippen LogP contribution in [-0.2, 0) is 10.0 Å². The molecule has 0 aliphatic heterocycles. The van der Waals surface area contributed by atoms with E-state index in [9.17, 15) is 8.42 Å². The van der Waals surface area contributed by atoms with Crippen molar-refractivity contribution < 1.29 is 12.8 Å². The molecular formula is C17H22N2O3S. The number of aromatic nitrogens is 1. The van der Waals surface area contributed by atoms with Crippen LogP contribution < -0.4 is 4.72 Å². The van der Waals surface area contributed by atoms with Gasteiger partial charge in [-0.1, -0.05) is 25.0 Å². The molecule has 1 heterocycles. The third-order valence-corrected chi connectivity index (χ3v) is 5.82. The highest BCUT2D eigenvalue weighted by Gasteiger charge is 2.20. The second kappa shape index (κ2) is 6.45. The zero-order chi connectivity index (χ0) is 16.4. The highest BCUT2D eigenvalue weighted by molar-refractivity contribution is 7.89. The first-order chi connectivity index (χ1) is 11.0. The van der Waals surface area contributed by atoms with Crippen LogP contribution in [0.2, 0.25) is 0 Å². The number of benzene rings is 1. The lowest BCUT2D eigenvalue weighted by Crippen LogP contribution is -2.28. The fourth-order valence-electron chi connectivity index (χ4n) is 3.11. The van der Waals surface area contributed by atoms with Gasteiger partial charge in [-0.3, -0.25) is 0 Å². The molecule has 3 rings (SSSR count). The number of hydrogen-bond donors (Lipinski definition) is 1. The lowest BCUT2D eigenvalue weighted by Gasteiger charge is -2.11. The zero-order valence-electron chi connectivity index (χ0n) is 13.5. The van der Waals surface area contributed by atoms with Crippen molar-refractivity contribution in [3.8, 4) is 11.3 Å². The number of rotatable bonds is 5. The van der Waals surface area contributed by atoms with E-state index in [4.69, 9.17) is 4.42 Å². The second-order valence-corrected chi connectivity index (χ2v) is 7.93. The lowest BCUT2D eigenvalue weighted by atomic mass is 10.1. The van der Waals surface area contributed by atoms with Crippen molar-refractivity contribution >= 4 is 10.0 Å². The molecule has 0 spiro atoms. The first kappa shape index (κ1) is 16.2. The Hall–Kier alpha value is -1.66. The van der Waals surface area contributed by atoms with E-state index < -0.39 is 10.0 Å². The summed E-state index contributed by atoms with van der Waals surface area (Å²) in [6.07, 6.45) is 4.65. The minimum atomic E-state index is -3.45. The zero-order valence-corrected chi connectivity index (χ0v) is 14.3. The summed E-state index contributed by atoms with van der Waals surface area (Å²) in [7, 11) is -3.45. The van der Waals surface area contributed by atoms with Crippen molar-refractivity contribution in [2.75, 3.05) is 6.54 Å². The summed E-state index contributed by atoms with van der Waals surface area (Å²) in [5.74, 6) is 1.81. The van der Waals surface area contributed by atoms with Crippen LogP contribution in [0, 0.1) is 19.8 Å². The Bertz CT molecular complexity index is 773. The SMILES string of the molecule is Cc1nc(-c2ccc(S(=O)(=O)NCC3CCCC3)cc2)c(C)o1. The van der Waals surface area contributed by atoms with Crippen LogP contribution in [0.4, 0.5) is 0 Å². The van der Waals surface area contributed by atoms with Gasteiger partial charge in [-0.2, -0.15) is 0 Å². The maximum absolute atomic E-state index is 12.4. The van der Waals surface area contributed by atoms with E-state index in [1.54, 1.807) is 31.2 Å². The molecule has 1 aliphatic carbocycles. The van der Waals surface area contributed by atoms with Crippen LogP contribution in [0.3, 0.4) is 0 Å². The summed E-state index contributed by atoms with van der Waals surface area (Å²) in [6, 6.07) is 6.79. The van der Waals surface area contributed by atoms with E-state index in [0.717, 1.165) is 29.9 Å². The standard InChI is InChI=1S/C17H22N2O3S/c1-12-17(19-13(2)22-12)15-7-9-16(10-8-15)23(20,21)18-11-14-5-3-4-6-14/h7-10,14,18H,3-6,11H2,1-2H3. The van der Waals surface area contributed by atoms with Gasteiger partial charge in [-0.15, -0.1) is 0 Å². The molecule has 2 aromatic rings. The minimum Gasteiger partial charge on any atom is -0.446 e. The van der Waals surface area contributed by atoms with Gasteiger partial charge in [0.15, 0.2) is 5.89 Å². The molecule has 1 fully saturated rings. The smallest absolute Gasteiger partial charge is 0.240 e. The average molecular weight is 334 g/mol. The van der Waals surface area contributed by atoms with Crippen LogP contribution in [0.5, 0.6) is 0 Å². The van der Waals surface area contributed by atoms with Crippen molar-refractivity contribution in [1.29, 1.82) is 0 Å². The van der Waals surface area contributed by atoms with E-state index in [2.05, 4.69) is 9.71 Å². The van der Waals surface area contributed by atoms with Crippen LogP contribution in [0.1, 0.15) is 37.3 Å². The quantitative estimate of drug-likeness (QED) is 0.909. The van der Waals surface area contributed by atoms with Gasteiger partial charge >= 0.3 is 0 Å². The van der Waals surface area contributed by atoms with Gasteiger partial charge in [0.05, 0.1) is 4.90 Å². The number of nitrogens with zero attached hydrogens (tertiary/aromatic N) is 1. The van der Waals surface area contributed by atoms with Crippen molar-refractivity contribution in [1.82, 2.24) is 9.71 Å². The Balaban J connectivity index is 1.74. The molecule has 1 aromatic carbocycles. The maximum Gasteiger partial charge on any atom is 0.240 e. The van der Waals surface area contributed by atoms with Crippen molar-refractivity contribution in [2.45, 2.75) is 44.4 Å². The van der Waals surface area contributed by atoms with E-state index in [1.165, 1.54) is 12.8 Å². The van der Waals surface area contributed by atoms with E-state index in [-0.39, 0.29) is 4.90 Å². The predicted molar refractivity (Wildman–Crippen MR) is 88.6 cm³/mol. The van der Waals surface area contributed by atoms with Gasteiger partial charge in [0.25, 0.3) is 0 Å². The average Bonchev–Trinajstić information content (AvgIpc) is 3.15. The Kier molecular flexibility index (Phi) is 4.55. The Morgan fingerprint density at radius 1 is 1.17 bits per heavy atom. The number of sulfonamides is 1. The van der Waals surface area contributed by atoms with Gasteiger partial charge in [0, 0.05) is 19.0 Å². The minimum absolute atomic E-state index is 0.289. The summed E-state index contributed by atoms with van der Waals surface area (Å²) in [4.78, 5) is 4.62. The summed E-state index contributed by atoms with van der Waals surface area (Å²) >= 11 is 0. The van der Waals surface area contributed by atoms with Gasteiger partial charge in [-0.25, -0.2) is 18.1 Å². The van der Waals surface area contributed by atoms with Crippen LogP contribution in [-0.4, -0.2) is 19.9 Å². The third kappa shape index (κ3) is 3.64. The van der Waals surface area contributed by atoms with Crippen LogP contribution in [0.25, 0.3) is 11.3 Å². The molecule has 1 N–H and O–H groups in total. The van der Waals surface area contributed by atoms with E-state index in [1.807, 2.05) is 6.92 Å². The molecule has 0 bridgehead atoms. The molecule has 0 amide bonds. The summed E-state index contributed by atoms with van der Waals surface area (Å²) < 4.78 is 32.9. The molecule has 0 atom stereocenters. The Labute approximate surface area is 137 Å².